The van der Waals surface area contributed by atoms with E-state index in [1.54, 1.807) is 38.1 Å². The molecule has 0 radical (unpaired) electrons. The van der Waals surface area contributed by atoms with Crippen molar-refractivity contribution < 1.29 is 24.2 Å². The first kappa shape index (κ1) is 36.7. The lowest BCUT2D eigenvalue weighted by Crippen LogP contribution is -2.29. The third kappa shape index (κ3) is 13.1. The van der Waals surface area contributed by atoms with Crippen molar-refractivity contribution in [2.45, 2.75) is 67.4 Å². The van der Waals surface area contributed by atoms with E-state index in [0.29, 0.717) is 17.0 Å². The lowest BCUT2D eigenvalue weighted by molar-refractivity contribution is -0.136. The standard InChI is InChI=1S/C30H33NO5.C3H8.C2H6/c1-7-9-10-23(8-2)21(5)36-30(34)31-28(20(3)4)29(35-6)26-17-15-25(16-18-26)24-13-11-22(12-14-24)19-27(32)33;1-3-2;1-2/h7-18,21H,1,3,19H2,2,4-6H3,(H,31,34)(H,32,33);3H2,1-2H3;1-2H3/b10-9-,23-8+,29-28+;;. The zero-order valence-electron chi connectivity index (χ0n) is 25.9. The molecular formula is C35H47NO5. The number of alkyl carbamates (subject to hydrolysis) is 1. The summed E-state index contributed by atoms with van der Waals surface area (Å²) in [4.78, 5) is 23.6. The predicted octanol–water partition coefficient (Wildman–Crippen LogP) is 9.12. The normalized spacial score (nSPS) is 12.0. The molecule has 0 aliphatic heterocycles. The molecule has 0 fully saturated rings. The van der Waals surface area contributed by atoms with Gasteiger partial charge in [0.15, 0.2) is 0 Å². The van der Waals surface area contributed by atoms with Crippen LogP contribution in [-0.4, -0.2) is 30.4 Å². The highest BCUT2D eigenvalue weighted by molar-refractivity contribution is 5.78. The Morgan fingerprint density at radius 1 is 1.02 bits per heavy atom. The van der Waals surface area contributed by atoms with Crippen LogP contribution in [-0.2, 0) is 20.7 Å². The number of carbonyl (C=O) groups excluding carboxylic acids is 1. The highest BCUT2D eigenvalue weighted by Gasteiger charge is 2.18. The molecule has 6 nitrogen and oxygen atoms in total. The van der Waals surface area contributed by atoms with E-state index in [0.717, 1.165) is 27.8 Å². The maximum atomic E-state index is 12.7. The average Bonchev–Trinajstić information content (AvgIpc) is 2.95. The van der Waals surface area contributed by atoms with Crippen LogP contribution in [0.5, 0.6) is 0 Å². The van der Waals surface area contributed by atoms with Gasteiger partial charge < -0.3 is 14.6 Å². The van der Waals surface area contributed by atoms with Crippen LogP contribution in [0, 0.1) is 0 Å². The van der Waals surface area contributed by atoms with E-state index in [2.05, 4.69) is 32.3 Å². The molecular weight excluding hydrogens is 514 g/mol. The molecule has 0 aliphatic carbocycles. The number of amides is 1. The lowest BCUT2D eigenvalue weighted by Gasteiger charge is -2.19. The summed E-state index contributed by atoms with van der Waals surface area (Å²) in [6, 6.07) is 15.0. The Kier molecular flexibility index (Phi) is 18.4. The number of rotatable bonds is 11. The number of allylic oxidation sites excluding steroid dienone is 4. The number of benzene rings is 2. The molecule has 2 aromatic carbocycles. The Bertz CT molecular complexity index is 1200. The summed E-state index contributed by atoms with van der Waals surface area (Å²) in [5.41, 5.74) is 5.27. The number of carboxylic acid groups (broad SMARTS) is 1. The Morgan fingerprint density at radius 2 is 1.54 bits per heavy atom. The maximum Gasteiger partial charge on any atom is 0.412 e. The predicted molar refractivity (Wildman–Crippen MR) is 171 cm³/mol. The maximum absolute atomic E-state index is 12.7. The largest absolute Gasteiger partial charge is 0.494 e. The topological polar surface area (TPSA) is 84.9 Å². The van der Waals surface area contributed by atoms with Crippen LogP contribution in [0.1, 0.15) is 66.0 Å². The number of methoxy groups -OCH3 is 1. The third-order valence-electron chi connectivity index (χ3n) is 5.39. The molecule has 0 spiro atoms. The van der Waals surface area contributed by atoms with E-state index < -0.39 is 18.2 Å². The molecule has 222 valence electrons. The molecule has 2 N–H and O–H groups in total. The minimum absolute atomic E-state index is 0.0132. The van der Waals surface area contributed by atoms with Crippen molar-refractivity contribution >= 4 is 17.8 Å². The van der Waals surface area contributed by atoms with Gasteiger partial charge in [-0.3, -0.25) is 10.1 Å². The average molecular weight is 562 g/mol. The van der Waals surface area contributed by atoms with E-state index >= 15 is 0 Å². The lowest BCUT2D eigenvalue weighted by atomic mass is 10.0. The van der Waals surface area contributed by atoms with Gasteiger partial charge in [-0.15, -0.1) is 0 Å². The number of carbonyl (C=O) groups is 2. The van der Waals surface area contributed by atoms with Crippen molar-refractivity contribution in [1.82, 2.24) is 5.32 Å². The number of carboxylic acids is 1. The molecule has 0 saturated carbocycles. The minimum Gasteiger partial charge on any atom is -0.494 e. The Hall–Kier alpha value is -4.32. The summed E-state index contributed by atoms with van der Waals surface area (Å²) < 4.78 is 11.2. The van der Waals surface area contributed by atoms with Gasteiger partial charge in [0.1, 0.15) is 11.9 Å². The monoisotopic (exact) mass is 561 g/mol. The van der Waals surface area contributed by atoms with Gasteiger partial charge in [0, 0.05) is 5.56 Å². The summed E-state index contributed by atoms with van der Waals surface area (Å²) >= 11 is 0. The van der Waals surface area contributed by atoms with Gasteiger partial charge in [0.05, 0.1) is 19.2 Å². The fraction of sp³-hybridized carbons (Fsp3) is 0.314. The molecule has 0 aliphatic rings. The molecule has 1 unspecified atom stereocenters. The Labute approximate surface area is 246 Å². The molecule has 0 saturated heterocycles. The number of ether oxygens (including phenoxy) is 2. The van der Waals surface area contributed by atoms with Crippen LogP contribution in [0.25, 0.3) is 16.9 Å². The highest BCUT2D eigenvalue weighted by Crippen LogP contribution is 2.26. The molecule has 2 aromatic rings. The summed E-state index contributed by atoms with van der Waals surface area (Å²) in [6.45, 7) is 21.3. The van der Waals surface area contributed by atoms with Crippen LogP contribution in [0.2, 0.25) is 0 Å². The quantitative estimate of drug-likeness (QED) is 0.211. The first-order chi connectivity index (χ1) is 19.6. The smallest absolute Gasteiger partial charge is 0.412 e. The Balaban J connectivity index is 0.00000299. The van der Waals surface area contributed by atoms with Gasteiger partial charge >= 0.3 is 12.1 Å². The van der Waals surface area contributed by atoms with E-state index in [1.165, 1.54) is 13.5 Å². The van der Waals surface area contributed by atoms with Crippen molar-refractivity contribution in [3.8, 4) is 11.1 Å². The number of hydrogen-bond acceptors (Lipinski definition) is 4. The van der Waals surface area contributed by atoms with Crippen LogP contribution in [0.3, 0.4) is 0 Å². The van der Waals surface area contributed by atoms with Crippen molar-refractivity contribution in [2.24, 2.45) is 0 Å². The summed E-state index contributed by atoms with van der Waals surface area (Å²) in [5, 5.41) is 11.7. The second kappa shape index (κ2) is 20.6. The molecule has 1 amide bonds. The molecule has 0 bridgehead atoms. The Morgan fingerprint density at radius 3 is 1.95 bits per heavy atom. The van der Waals surface area contributed by atoms with Crippen LogP contribution in [0.4, 0.5) is 4.79 Å². The van der Waals surface area contributed by atoms with Crippen LogP contribution >= 0.6 is 0 Å². The fourth-order valence-corrected chi connectivity index (χ4v) is 3.53. The van der Waals surface area contributed by atoms with Crippen molar-refractivity contribution in [3.05, 3.63) is 114 Å². The third-order valence-corrected chi connectivity index (χ3v) is 5.39. The second-order valence-corrected chi connectivity index (χ2v) is 8.80. The highest BCUT2D eigenvalue weighted by atomic mass is 16.6. The van der Waals surface area contributed by atoms with Crippen molar-refractivity contribution in [3.63, 3.8) is 0 Å². The van der Waals surface area contributed by atoms with E-state index in [4.69, 9.17) is 14.6 Å². The molecule has 0 heterocycles. The summed E-state index contributed by atoms with van der Waals surface area (Å²) in [5.74, 6) is -0.411. The molecule has 6 heteroatoms. The first-order valence-corrected chi connectivity index (χ1v) is 13.9. The van der Waals surface area contributed by atoms with E-state index in [1.807, 2.05) is 69.3 Å². The molecule has 2 rings (SSSR count). The van der Waals surface area contributed by atoms with E-state index in [9.17, 15) is 9.59 Å². The number of nitrogens with one attached hydrogen (secondary N) is 1. The van der Waals surface area contributed by atoms with Crippen LogP contribution in [0.15, 0.2) is 103 Å². The number of hydrogen-bond donors (Lipinski definition) is 2. The first-order valence-electron chi connectivity index (χ1n) is 13.9. The van der Waals surface area contributed by atoms with Crippen LogP contribution < -0.4 is 5.32 Å². The summed E-state index contributed by atoms with van der Waals surface area (Å²) in [7, 11) is 1.53. The minimum atomic E-state index is -0.863. The SMILES string of the molecule is C=C/C=C\C(=C/C)C(C)OC(=O)N/C(C(=C)C)=C(/OC)c1ccc(-c2ccc(CC(=O)O)cc2)cc1.CC.CCC. The van der Waals surface area contributed by atoms with Gasteiger partial charge in [-0.2, -0.15) is 0 Å². The van der Waals surface area contributed by atoms with Gasteiger partial charge in [0.25, 0.3) is 0 Å². The van der Waals surface area contributed by atoms with Crippen molar-refractivity contribution in [1.29, 1.82) is 0 Å². The molecule has 1 atom stereocenters. The van der Waals surface area contributed by atoms with Gasteiger partial charge in [-0.25, -0.2) is 4.79 Å². The molecule has 0 aromatic heterocycles. The second-order valence-electron chi connectivity index (χ2n) is 8.80. The van der Waals surface area contributed by atoms with Gasteiger partial charge in [-0.05, 0) is 48.6 Å². The van der Waals surface area contributed by atoms with Gasteiger partial charge in [0.2, 0.25) is 0 Å². The fourth-order valence-electron chi connectivity index (χ4n) is 3.53. The number of aliphatic carboxylic acids is 1. The summed E-state index contributed by atoms with van der Waals surface area (Å²) in [6.07, 6.45) is 7.29. The van der Waals surface area contributed by atoms with Crippen molar-refractivity contribution in [2.75, 3.05) is 7.11 Å². The van der Waals surface area contributed by atoms with Gasteiger partial charge in [-0.1, -0.05) is 120 Å². The zero-order chi connectivity index (χ0) is 31.4. The molecule has 41 heavy (non-hydrogen) atoms. The zero-order valence-corrected chi connectivity index (χ0v) is 25.9. The van der Waals surface area contributed by atoms with E-state index in [-0.39, 0.29) is 6.42 Å².